The van der Waals surface area contributed by atoms with Crippen LogP contribution in [0.3, 0.4) is 0 Å². The first kappa shape index (κ1) is 17.5. The third-order valence-corrected chi connectivity index (χ3v) is 5.34. The molecule has 6 nitrogen and oxygen atoms in total. The summed E-state index contributed by atoms with van der Waals surface area (Å²) in [5.41, 5.74) is 0.554. The second-order valence-corrected chi connectivity index (χ2v) is 7.13. The molecule has 3 aliphatic rings. The zero-order valence-electron chi connectivity index (χ0n) is 14.5. The Kier molecular flexibility index (Phi) is 4.10. The molecule has 140 valence electrons. The number of rotatable bonds is 4. The Bertz CT molecular complexity index is 885. The van der Waals surface area contributed by atoms with Gasteiger partial charge >= 0.3 is 6.09 Å². The molecule has 1 saturated carbocycles. The average molecular weight is 373 g/mol. The molecule has 0 radical (unpaired) electrons. The van der Waals surface area contributed by atoms with Gasteiger partial charge in [0.25, 0.3) is 0 Å². The number of halogens is 2. The Morgan fingerprint density at radius 1 is 1.41 bits per heavy atom. The van der Waals surface area contributed by atoms with Crippen molar-refractivity contribution in [2.24, 2.45) is 17.8 Å². The highest BCUT2D eigenvalue weighted by atomic mass is 19.1. The zero-order valence-corrected chi connectivity index (χ0v) is 14.5. The van der Waals surface area contributed by atoms with Crippen LogP contribution in [0.5, 0.6) is 0 Å². The molecular formula is C19H17F2N3O3. The highest BCUT2D eigenvalue weighted by Crippen LogP contribution is 2.58. The van der Waals surface area contributed by atoms with Crippen molar-refractivity contribution in [1.82, 2.24) is 5.32 Å². The molecule has 3 unspecified atom stereocenters. The van der Waals surface area contributed by atoms with Crippen molar-refractivity contribution < 1.29 is 23.1 Å². The van der Waals surface area contributed by atoms with Crippen LogP contribution < -0.4 is 10.2 Å². The number of benzene rings is 1. The maximum Gasteiger partial charge on any atom is 0.414 e. The SMILES string of the molecule is CC(=O)NC[C@H]1CN(c2cc(F)c(C3=CC4C(C#N)C4C3)c(F)c2)C(=O)O1. The maximum absolute atomic E-state index is 14.6. The van der Waals surface area contributed by atoms with Crippen LogP contribution in [0.25, 0.3) is 5.57 Å². The van der Waals surface area contributed by atoms with Gasteiger partial charge < -0.3 is 10.1 Å². The van der Waals surface area contributed by atoms with E-state index >= 15 is 0 Å². The van der Waals surface area contributed by atoms with E-state index in [-0.39, 0.29) is 48.0 Å². The summed E-state index contributed by atoms with van der Waals surface area (Å²) in [4.78, 5) is 24.1. The van der Waals surface area contributed by atoms with Crippen LogP contribution in [0.15, 0.2) is 18.2 Å². The monoisotopic (exact) mass is 373 g/mol. The van der Waals surface area contributed by atoms with Gasteiger partial charge in [-0.25, -0.2) is 13.6 Å². The van der Waals surface area contributed by atoms with E-state index < -0.39 is 23.8 Å². The molecule has 1 heterocycles. The van der Waals surface area contributed by atoms with Crippen LogP contribution in [0.4, 0.5) is 19.3 Å². The highest BCUT2D eigenvalue weighted by molar-refractivity contribution is 5.90. The molecule has 2 fully saturated rings. The molecular weight excluding hydrogens is 356 g/mol. The molecule has 1 saturated heterocycles. The van der Waals surface area contributed by atoms with Gasteiger partial charge in [-0.1, -0.05) is 6.08 Å². The molecule has 1 aliphatic heterocycles. The molecule has 2 aliphatic carbocycles. The lowest BCUT2D eigenvalue weighted by atomic mass is 9.99. The maximum atomic E-state index is 14.6. The molecule has 1 aromatic carbocycles. The first-order valence-corrected chi connectivity index (χ1v) is 8.71. The first-order valence-electron chi connectivity index (χ1n) is 8.71. The zero-order chi connectivity index (χ0) is 19.3. The minimum atomic E-state index is -0.746. The number of allylic oxidation sites excluding steroid dienone is 2. The summed E-state index contributed by atoms with van der Waals surface area (Å²) < 4.78 is 34.4. The van der Waals surface area contributed by atoms with E-state index in [1.165, 1.54) is 6.92 Å². The predicted molar refractivity (Wildman–Crippen MR) is 91.3 cm³/mol. The van der Waals surface area contributed by atoms with E-state index in [0.29, 0.717) is 12.0 Å². The van der Waals surface area contributed by atoms with Gasteiger partial charge in [-0.15, -0.1) is 0 Å². The van der Waals surface area contributed by atoms with Gasteiger partial charge in [-0.05, 0) is 36.0 Å². The van der Waals surface area contributed by atoms with Crippen molar-refractivity contribution in [3.05, 3.63) is 35.4 Å². The van der Waals surface area contributed by atoms with E-state index in [0.717, 1.165) is 17.0 Å². The molecule has 4 atom stereocenters. The number of hydrogen-bond acceptors (Lipinski definition) is 4. The number of ether oxygens (including phenoxy) is 1. The van der Waals surface area contributed by atoms with Crippen molar-refractivity contribution in [2.75, 3.05) is 18.0 Å². The summed E-state index contributed by atoms with van der Waals surface area (Å²) in [6.45, 7) is 1.57. The van der Waals surface area contributed by atoms with Crippen molar-refractivity contribution in [3.8, 4) is 6.07 Å². The van der Waals surface area contributed by atoms with Crippen LogP contribution in [0, 0.1) is 40.7 Å². The number of fused-ring (bicyclic) bond motifs is 1. The van der Waals surface area contributed by atoms with Gasteiger partial charge in [0.15, 0.2) is 0 Å². The van der Waals surface area contributed by atoms with Crippen molar-refractivity contribution in [2.45, 2.75) is 19.4 Å². The summed E-state index contributed by atoms with van der Waals surface area (Å²) in [6.07, 6.45) is 0.975. The average Bonchev–Trinajstić information content (AvgIpc) is 2.92. The number of nitrogens with zero attached hydrogens (tertiary/aromatic N) is 2. The quantitative estimate of drug-likeness (QED) is 0.880. The molecule has 0 aromatic heterocycles. The first-order chi connectivity index (χ1) is 12.9. The molecule has 1 aromatic rings. The van der Waals surface area contributed by atoms with E-state index in [1.807, 2.05) is 0 Å². The molecule has 8 heteroatoms. The van der Waals surface area contributed by atoms with E-state index in [9.17, 15) is 18.4 Å². The van der Waals surface area contributed by atoms with E-state index in [4.69, 9.17) is 10.00 Å². The molecule has 4 rings (SSSR count). The third kappa shape index (κ3) is 3.03. The van der Waals surface area contributed by atoms with Gasteiger partial charge in [0.05, 0.1) is 30.8 Å². The van der Waals surface area contributed by atoms with Crippen molar-refractivity contribution >= 4 is 23.3 Å². The van der Waals surface area contributed by atoms with Crippen molar-refractivity contribution in [3.63, 3.8) is 0 Å². The molecule has 1 N–H and O–H groups in total. The Morgan fingerprint density at radius 3 is 2.67 bits per heavy atom. The summed E-state index contributed by atoms with van der Waals surface area (Å²) in [5, 5.41) is 11.5. The molecule has 27 heavy (non-hydrogen) atoms. The topological polar surface area (TPSA) is 82.4 Å². The van der Waals surface area contributed by atoms with Crippen LogP contribution in [0.1, 0.15) is 18.9 Å². The lowest BCUT2D eigenvalue weighted by Crippen LogP contribution is -2.33. The minimum absolute atomic E-state index is 0.0425. The number of nitrogens with one attached hydrogen (secondary N) is 1. The Balaban J connectivity index is 1.53. The third-order valence-electron chi connectivity index (χ3n) is 5.34. The second-order valence-electron chi connectivity index (χ2n) is 7.13. The summed E-state index contributed by atoms with van der Waals surface area (Å²) >= 11 is 0. The van der Waals surface area contributed by atoms with Gasteiger partial charge in [0.2, 0.25) is 5.91 Å². The molecule has 0 spiro atoms. The van der Waals surface area contributed by atoms with Crippen LogP contribution in [0.2, 0.25) is 0 Å². The van der Waals surface area contributed by atoms with Gasteiger partial charge in [0, 0.05) is 12.5 Å². The number of carbonyl (C=O) groups excluding carboxylic acids is 2. The second kappa shape index (κ2) is 6.34. The van der Waals surface area contributed by atoms with Gasteiger partial charge in [-0.2, -0.15) is 5.26 Å². The number of cyclic esters (lactones) is 1. The lowest BCUT2D eigenvalue weighted by molar-refractivity contribution is -0.119. The Hall–Kier alpha value is -2.95. The van der Waals surface area contributed by atoms with Gasteiger partial charge in [0.1, 0.15) is 17.7 Å². The van der Waals surface area contributed by atoms with Crippen molar-refractivity contribution in [1.29, 1.82) is 5.26 Å². The van der Waals surface area contributed by atoms with Crippen LogP contribution in [-0.2, 0) is 9.53 Å². The molecule has 0 bridgehead atoms. The fraction of sp³-hybridized carbons (Fsp3) is 0.421. The van der Waals surface area contributed by atoms with E-state index in [1.54, 1.807) is 6.08 Å². The Labute approximate surface area is 154 Å². The largest absolute Gasteiger partial charge is 0.442 e. The van der Waals surface area contributed by atoms with E-state index in [2.05, 4.69) is 11.4 Å². The normalized spacial score (nSPS) is 28.3. The summed E-state index contributed by atoms with van der Waals surface area (Å²) in [6, 6.07) is 4.43. The number of anilines is 1. The summed E-state index contributed by atoms with van der Waals surface area (Å²) in [7, 11) is 0. The predicted octanol–water partition coefficient (Wildman–Crippen LogP) is 2.60. The smallest absolute Gasteiger partial charge is 0.414 e. The lowest BCUT2D eigenvalue weighted by Gasteiger charge is -2.16. The van der Waals surface area contributed by atoms with Crippen LogP contribution >= 0.6 is 0 Å². The number of amides is 2. The minimum Gasteiger partial charge on any atom is -0.442 e. The fourth-order valence-corrected chi connectivity index (χ4v) is 3.93. The Morgan fingerprint density at radius 2 is 2.11 bits per heavy atom. The van der Waals surface area contributed by atoms with Crippen LogP contribution in [-0.4, -0.2) is 31.2 Å². The summed E-state index contributed by atoms with van der Waals surface area (Å²) in [5.74, 6) is -1.54. The fourth-order valence-electron chi connectivity index (χ4n) is 3.93. The number of nitriles is 1. The molecule has 2 amide bonds. The van der Waals surface area contributed by atoms with Gasteiger partial charge in [-0.3, -0.25) is 9.69 Å². The number of carbonyl (C=O) groups is 2. The standard InChI is InChI=1S/C19H17F2N3O3/c1-9(25)23-7-12-8-24(19(26)27-12)11-4-16(20)18(17(21)5-11)10-2-13-14(3-10)15(13)6-22/h2,4-5,12-15H,3,7-8H2,1H3,(H,23,25)/t12-,13?,14?,15?/m0/s1. The highest BCUT2D eigenvalue weighted by Gasteiger charge is 2.53. The number of hydrogen-bond donors (Lipinski definition) is 1.